The van der Waals surface area contributed by atoms with Gasteiger partial charge in [-0.3, -0.25) is 4.79 Å². The molecule has 0 amide bonds. The third-order valence-electron chi connectivity index (χ3n) is 3.76. The van der Waals surface area contributed by atoms with Crippen molar-refractivity contribution >= 4 is 5.78 Å². The van der Waals surface area contributed by atoms with E-state index >= 15 is 0 Å². The van der Waals surface area contributed by atoms with E-state index in [9.17, 15) is 9.18 Å². The van der Waals surface area contributed by atoms with Crippen LogP contribution in [-0.4, -0.2) is 11.9 Å². The minimum absolute atomic E-state index is 0.0772. The normalized spacial score (nSPS) is 27.1. The number of carbonyl (C=O) groups excluding carboxylic acids is 1. The van der Waals surface area contributed by atoms with Crippen molar-refractivity contribution in [1.82, 2.24) is 0 Å². The fourth-order valence-electron chi connectivity index (χ4n) is 3.09. The number of rotatable bonds is 3. The Morgan fingerprint density at radius 2 is 1.84 bits per heavy atom. The molecule has 104 valence electrons. The average molecular weight is 264 g/mol. The van der Waals surface area contributed by atoms with Crippen LogP contribution in [0, 0.1) is 17.7 Å². The predicted molar refractivity (Wildman–Crippen MR) is 73.0 cm³/mol. The molecule has 1 fully saturated rings. The molecule has 2 atom stereocenters. The summed E-state index contributed by atoms with van der Waals surface area (Å²) in [7, 11) is 0. The van der Waals surface area contributed by atoms with Crippen molar-refractivity contribution in [3.8, 4) is 5.75 Å². The maximum absolute atomic E-state index is 13.7. The monoisotopic (exact) mass is 264 g/mol. The van der Waals surface area contributed by atoms with Gasteiger partial charge in [0.05, 0.1) is 11.7 Å². The van der Waals surface area contributed by atoms with Crippen LogP contribution < -0.4 is 4.74 Å². The Bertz CT molecular complexity index is 460. The molecule has 0 saturated heterocycles. The molecule has 19 heavy (non-hydrogen) atoms. The number of ketones is 1. The lowest BCUT2D eigenvalue weighted by Gasteiger charge is -2.32. The van der Waals surface area contributed by atoms with Crippen molar-refractivity contribution in [2.24, 2.45) is 11.8 Å². The number of hydrogen-bond acceptors (Lipinski definition) is 2. The minimum Gasteiger partial charge on any atom is -0.490 e. The third kappa shape index (κ3) is 3.34. The second-order valence-corrected chi connectivity index (χ2v) is 5.83. The van der Waals surface area contributed by atoms with E-state index in [0.717, 1.165) is 12.8 Å². The Hall–Kier alpha value is -1.38. The standard InChI is InChI=1S/C16H21FO2/c1-10-7-11(2)9-13(8-10)19-15-6-4-5-14(17)16(15)12(3)18/h4-6,10-11,13H,7-9H2,1-3H3. The van der Waals surface area contributed by atoms with Crippen LogP contribution in [0.2, 0.25) is 0 Å². The quantitative estimate of drug-likeness (QED) is 0.764. The van der Waals surface area contributed by atoms with Gasteiger partial charge in [-0.1, -0.05) is 19.9 Å². The topological polar surface area (TPSA) is 26.3 Å². The van der Waals surface area contributed by atoms with Crippen LogP contribution in [0.1, 0.15) is 50.4 Å². The summed E-state index contributed by atoms with van der Waals surface area (Å²) in [6.45, 7) is 5.80. The fraction of sp³-hybridized carbons (Fsp3) is 0.562. The van der Waals surface area contributed by atoms with Gasteiger partial charge in [-0.2, -0.15) is 0 Å². The summed E-state index contributed by atoms with van der Waals surface area (Å²) in [4.78, 5) is 11.5. The van der Waals surface area contributed by atoms with E-state index in [2.05, 4.69) is 13.8 Å². The van der Waals surface area contributed by atoms with Crippen LogP contribution in [0.4, 0.5) is 4.39 Å². The summed E-state index contributed by atoms with van der Waals surface area (Å²) < 4.78 is 19.6. The zero-order valence-electron chi connectivity index (χ0n) is 11.8. The van der Waals surface area contributed by atoms with Crippen LogP contribution in [0.3, 0.4) is 0 Å². The Labute approximate surface area is 114 Å². The highest BCUT2D eigenvalue weighted by Gasteiger charge is 2.26. The number of halogens is 1. The summed E-state index contributed by atoms with van der Waals surface area (Å²) >= 11 is 0. The maximum Gasteiger partial charge on any atom is 0.166 e. The number of carbonyl (C=O) groups is 1. The molecular weight excluding hydrogens is 243 g/mol. The molecule has 1 aromatic carbocycles. The molecule has 0 radical (unpaired) electrons. The van der Waals surface area contributed by atoms with Crippen LogP contribution in [0.15, 0.2) is 18.2 Å². The second-order valence-electron chi connectivity index (χ2n) is 5.83. The molecule has 1 aliphatic carbocycles. The molecule has 1 saturated carbocycles. The van der Waals surface area contributed by atoms with E-state index in [1.165, 1.54) is 19.4 Å². The Morgan fingerprint density at radius 3 is 2.42 bits per heavy atom. The minimum atomic E-state index is -0.498. The zero-order chi connectivity index (χ0) is 14.0. The van der Waals surface area contributed by atoms with E-state index < -0.39 is 5.82 Å². The molecule has 0 N–H and O–H groups in total. The van der Waals surface area contributed by atoms with Crippen LogP contribution in [-0.2, 0) is 0 Å². The average Bonchev–Trinajstić information content (AvgIpc) is 2.26. The Morgan fingerprint density at radius 1 is 1.21 bits per heavy atom. The highest BCUT2D eigenvalue weighted by molar-refractivity contribution is 5.97. The lowest BCUT2D eigenvalue weighted by molar-refractivity contribution is 0.0935. The van der Waals surface area contributed by atoms with E-state index in [-0.39, 0.29) is 17.5 Å². The molecule has 0 aromatic heterocycles. The summed E-state index contributed by atoms with van der Waals surface area (Å²) in [5, 5.41) is 0. The molecule has 3 heteroatoms. The van der Waals surface area contributed by atoms with Gasteiger partial charge in [0.25, 0.3) is 0 Å². The molecule has 0 heterocycles. The molecule has 0 aliphatic heterocycles. The van der Waals surface area contributed by atoms with Crippen molar-refractivity contribution in [3.05, 3.63) is 29.6 Å². The summed E-state index contributed by atoms with van der Waals surface area (Å²) in [6, 6.07) is 4.58. The highest BCUT2D eigenvalue weighted by Crippen LogP contribution is 2.32. The van der Waals surface area contributed by atoms with Gasteiger partial charge < -0.3 is 4.74 Å². The van der Waals surface area contributed by atoms with Gasteiger partial charge in [-0.05, 0) is 50.2 Å². The molecule has 0 spiro atoms. The lowest BCUT2D eigenvalue weighted by atomic mass is 9.82. The van der Waals surface area contributed by atoms with Crippen LogP contribution in [0.25, 0.3) is 0 Å². The second kappa shape index (κ2) is 5.72. The predicted octanol–water partition coefficient (Wildman–Crippen LogP) is 4.23. The lowest BCUT2D eigenvalue weighted by Crippen LogP contribution is -2.29. The van der Waals surface area contributed by atoms with Crippen molar-refractivity contribution < 1.29 is 13.9 Å². The first kappa shape index (κ1) is 14.0. The van der Waals surface area contributed by atoms with Crippen molar-refractivity contribution in [3.63, 3.8) is 0 Å². The number of hydrogen-bond donors (Lipinski definition) is 0. The van der Waals surface area contributed by atoms with Gasteiger partial charge in [0.15, 0.2) is 5.78 Å². The van der Waals surface area contributed by atoms with Gasteiger partial charge in [0, 0.05) is 0 Å². The zero-order valence-corrected chi connectivity index (χ0v) is 11.8. The first-order chi connectivity index (χ1) is 8.97. The molecular formula is C16H21FO2. The first-order valence-corrected chi connectivity index (χ1v) is 6.93. The number of benzene rings is 1. The maximum atomic E-state index is 13.7. The van der Waals surface area contributed by atoms with E-state index in [1.807, 2.05) is 0 Å². The Kier molecular flexibility index (Phi) is 4.23. The van der Waals surface area contributed by atoms with Gasteiger partial charge in [-0.25, -0.2) is 4.39 Å². The summed E-state index contributed by atoms with van der Waals surface area (Å²) in [5.41, 5.74) is 0.0772. The first-order valence-electron chi connectivity index (χ1n) is 6.93. The van der Waals surface area contributed by atoms with Gasteiger partial charge >= 0.3 is 0 Å². The smallest absolute Gasteiger partial charge is 0.166 e. The Balaban J connectivity index is 2.19. The summed E-state index contributed by atoms with van der Waals surface area (Å²) in [5.74, 6) is 0.830. The SMILES string of the molecule is CC(=O)c1c(F)cccc1OC1CC(C)CC(C)C1. The molecule has 2 unspecified atom stereocenters. The molecule has 1 aliphatic rings. The number of ether oxygens (including phenoxy) is 1. The highest BCUT2D eigenvalue weighted by atomic mass is 19.1. The van der Waals surface area contributed by atoms with Crippen LogP contribution in [0.5, 0.6) is 5.75 Å². The van der Waals surface area contributed by atoms with Gasteiger partial charge in [0.2, 0.25) is 0 Å². The summed E-state index contributed by atoms with van der Waals surface area (Å²) in [6.07, 6.45) is 3.23. The van der Waals surface area contributed by atoms with E-state index in [0.29, 0.717) is 17.6 Å². The fourth-order valence-corrected chi connectivity index (χ4v) is 3.09. The van der Waals surface area contributed by atoms with Crippen LogP contribution >= 0.6 is 0 Å². The molecule has 1 aromatic rings. The largest absolute Gasteiger partial charge is 0.490 e. The van der Waals surface area contributed by atoms with Gasteiger partial charge in [-0.15, -0.1) is 0 Å². The van der Waals surface area contributed by atoms with Crippen molar-refractivity contribution in [2.75, 3.05) is 0 Å². The van der Waals surface area contributed by atoms with E-state index in [1.54, 1.807) is 12.1 Å². The van der Waals surface area contributed by atoms with Crippen molar-refractivity contribution in [1.29, 1.82) is 0 Å². The molecule has 0 bridgehead atoms. The molecule has 2 rings (SSSR count). The van der Waals surface area contributed by atoms with Gasteiger partial charge in [0.1, 0.15) is 11.6 Å². The number of Topliss-reactive ketones (excluding diaryl/α,β-unsaturated/α-hetero) is 1. The van der Waals surface area contributed by atoms with E-state index in [4.69, 9.17) is 4.74 Å². The third-order valence-corrected chi connectivity index (χ3v) is 3.76. The van der Waals surface area contributed by atoms with Crippen molar-refractivity contribution in [2.45, 2.75) is 46.1 Å². The molecule has 2 nitrogen and oxygen atoms in total.